The van der Waals surface area contributed by atoms with Crippen molar-refractivity contribution in [2.24, 2.45) is 0 Å². The molecule has 0 saturated heterocycles. The summed E-state index contributed by atoms with van der Waals surface area (Å²) in [6, 6.07) is 20.2. The van der Waals surface area contributed by atoms with E-state index in [1.165, 1.54) is 19.1 Å². The SMILES string of the molecule is CC(=O)Nc1ccc(Oc2ccc(-c3noc(-c4ccc(F)cc4)n3)cc2)cc1. The van der Waals surface area contributed by atoms with Crippen LogP contribution in [0.25, 0.3) is 22.8 Å². The second-order valence-corrected chi connectivity index (χ2v) is 6.26. The van der Waals surface area contributed by atoms with E-state index in [4.69, 9.17) is 9.26 Å². The fraction of sp³-hybridized carbons (Fsp3) is 0.0455. The number of carbonyl (C=O) groups excluding carboxylic acids is 1. The molecule has 4 rings (SSSR count). The lowest BCUT2D eigenvalue weighted by atomic mass is 10.2. The van der Waals surface area contributed by atoms with Gasteiger partial charge in [-0.2, -0.15) is 4.98 Å². The molecule has 0 fully saturated rings. The molecule has 0 aliphatic heterocycles. The Kier molecular flexibility index (Phi) is 5.03. The molecule has 6 nitrogen and oxygen atoms in total. The average molecular weight is 389 g/mol. The third-order valence-corrected chi connectivity index (χ3v) is 4.04. The Bertz CT molecular complexity index is 1120. The highest BCUT2D eigenvalue weighted by Gasteiger charge is 2.11. The van der Waals surface area contributed by atoms with E-state index >= 15 is 0 Å². The van der Waals surface area contributed by atoms with Crippen molar-refractivity contribution in [2.45, 2.75) is 6.92 Å². The molecule has 0 atom stereocenters. The molecule has 29 heavy (non-hydrogen) atoms. The van der Waals surface area contributed by atoms with Gasteiger partial charge in [0, 0.05) is 23.7 Å². The monoisotopic (exact) mass is 389 g/mol. The smallest absolute Gasteiger partial charge is 0.258 e. The minimum Gasteiger partial charge on any atom is -0.457 e. The first-order valence-electron chi connectivity index (χ1n) is 8.82. The molecule has 0 spiro atoms. The first-order valence-corrected chi connectivity index (χ1v) is 8.82. The number of amides is 1. The molecule has 0 unspecified atom stereocenters. The lowest BCUT2D eigenvalue weighted by Crippen LogP contribution is -2.05. The summed E-state index contributed by atoms with van der Waals surface area (Å²) < 4.78 is 24.1. The summed E-state index contributed by atoms with van der Waals surface area (Å²) in [5.41, 5.74) is 2.11. The predicted octanol–water partition coefficient (Wildman–Crippen LogP) is 5.29. The predicted molar refractivity (Wildman–Crippen MR) is 106 cm³/mol. The summed E-state index contributed by atoms with van der Waals surface area (Å²) in [5, 5.41) is 6.68. The van der Waals surface area contributed by atoms with Crippen LogP contribution in [0.4, 0.5) is 10.1 Å². The minimum atomic E-state index is -0.325. The lowest BCUT2D eigenvalue weighted by molar-refractivity contribution is -0.114. The normalized spacial score (nSPS) is 10.6. The van der Waals surface area contributed by atoms with Gasteiger partial charge >= 0.3 is 0 Å². The number of hydrogen-bond acceptors (Lipinski definition) is 5. The number of benzene rings is 3. The molecule has 7 heteroatoms. The van der Waals surface area contributed by atoms with E-state index in [-0.39, 0.29) is 11.7 Å². The highest BCUT2D eigenvalue weighted by molar-refractivity contribution is 5.88. The van der Waals surface area contributed by atoms with Crippen LogP contribution in [0.3, 0.4) is 0 Å². The van der Waals surface area contributed by atoms with Gasteiger partial charge in [0.25, 0.3) is 5.89 Å². The van der Waals surface area contributed by atoms with Crippen molar-refractivity contribution in [2.75, 3.05) is 5.32 Å². The third-order valence-electron chi connectivity index (χ3n) is 4.04. The van der Waals surface area contributed by atoms with Crippen molar-refractivity contribution >= 4 is 11.6 Å². The van der Waals surface area contributed by atoms with Crippen molar-refractivity contribution in [3.05, 3.63) is 78.6 Å². The van der Waals surface area contributed by atoms with Crippen LogP contribution >= 0.6 is 0 Å². The molecule has 1 heterocycles. The molecule has 0 saturated carbocycles. The van der Waals surface area contributed by atoms with E-state index in [0.717, 1.165) is 5.56 Å². The Hall–Kier alpha value is -4.00. The Morgan fingerprint density at radius 1 is 0.897 bits per heavy atom. The van der Waals surface area contributed by atoms with Gasteiger partial charge in [0.05, 0.1) is 0 Å². The molecule has 0 radical (unpaired) electrons. The average Bonchev–Trinajstić information content (AvgIpc) is 3.20. The number of halogens is 1. The zero-order chi connectivity index (χ0) is 20.2. The van der Waals surface area contributed by atoms with Gasteiger partial charge in [-0.15, -0.1) is 0 Å². The summed E-state index contributed by atoms with van der Waals surface area (Å²) in [6.07, 6.45) is 0. The number of nitrogens with one attached hydrogen (secondary N) is 1. The molecule has 1 amide bonds. The van der Waals surface area contributed by atoms with Gasteiger partial charge in [-0.25, -0.2) is 4.39 Å². The standard InChI is InChI=1S/C22H16FN3O3/c1-14(27)24-18-8-12-20(13-9-18)28-19-10-4-15(5-11-19)21-25-22(29-26-21)16-2-6-17(23)7-3-16/h2-13H,1H3,(H,24,27). The molecule has 3 aromatic carbocycles. The fourth-order valence-corrected chi connectivity index (χ4v) is 2.67. The number of ether oxygens (including phenoxy) is 1. The number of nitrogens with zero attached hydrogens (tertiary/aromatic N) is 2. The summed E-state index contributed by atoms with van der Waals surface area (Å²) >= 11 is 0. The number of anilines is 1. The zero-order valence-corrected chi connectivity index (χ0v) is 15.4. The van der Waals surface area contributed by atoms with Crippen molar-refractivity contribution in [3.63, 3.8) is 0 Å². The van der Waals surface area contributed by atoms with Crippen molar-refractivity contribution in [3.8, 4) is 34.3 Å². The van der Waals surface area contributed by atoms with Crippen molar-refractivity contribution < 1.29 is 18.4 Å². The third kappa shape index (κ3) is 4.47. The first kappa shape index (κ1) is 18.4. The van der Waals surface area contributed by atoms with E-state index in [1.807, 2.05) is 12.1 Å². The van der Waals surface area contributed by atoms with Gasteiger partial charge in [-0.3, -0.25) is 4.79 Å². The van der Waals surface area contributed by atoms with Gasteiger partial charge in [-0.1, -0.05) is 5.16 Å². The number of hydrogen-bond donors (Lipinski definition) is 1. The molecular formula is C22H16FN3O3. The van der Waals surface area contributed by atoms with Crippen LogP contribution in [0.2, 0.25) is 0 Å². The van der Waals surface area contributed by atoms with Crippen LogP contribution in [0.1, 0.15) is 6.92 Å². The maximum absolute atomic E-state index is 13.0. The largest absolute Gasteiger partial charge is 0.457 e. The molecule has 0 bridgehead atoms. The second-order valence-electron chi connectivity index (χ2n) is 6.26. The summed E-state index contributed by atoms with van der Waals surface area (Å²) in [6.45, 7) is 1.46. The Labute approximate surface area is 166 Å². The number of carbonyl (C=O) groups is 1. The van der Waals surface area contributed by atoms with Gasteiger partial charge < -0.3 is 14.6 Å². The van der Waals surface area contributed by atoms with Crippen LogP contribution in [0.5, 0.6) is 11.5 Å². The van der Waals surface area contributed by atoms with Crippen LogP contribution < -0.4 is 10.1 Å². The van der Waals surface area contributed by atoms with Gasteiger partial charge in [-0.05, 0) is 72.8 Å². The fourth-order valence-electron chi connectivity index (χ4n) is 2.67. The molecule has 1 aromatic heterocycles. The summed E-state index contributed by atoms with van der Waals surface area (Å²) in [7, 11) is 0. The molecule has 0 aliphatic rings. The maximum Gasteiger partial charge on any atom is 0.258 e. The minimum absolute atomic E-state index is 0.127. The molecule has 144 valence electrons. The van der Waals surface area contributed by atoms with Crippen LogP contribution in [-0.4, -0.2) is 16.0 Å². The Morgan fingerprint density at radius 2 is 1.48 bits per heavy atom. The van der Waals surface area contributed by atoms with Crippen LogP contribution in [-0.2, 0) is 4.79 Å². The second kappa shape index (κ2) is 7.93. The molecule has 0 aliphatic carbocycles. The van der Waals surface area contributed by atoms with Crippen molar-refractivity contribution in [1.29, 1.82) is 0 Å². The van der Waals surface area contributed by atoms with E-state index < -0.39 is 0 Å². The van der Waals surface area contributed by atoms with Gasteiger partial charge in [0.2, 0.25) is 11.7 Å². The van der Waals surface area contributed by atoms with Gasteiger partial charge in [0.1, 0.15) is 17.3 Å². The van der Waals surface area contributed by atoms with E-state index in [9.17, 15) is 9.18 Å². The molecule has 1 N–H and O–H groups in total. The highest BCUT2D eigenvalue weighted by atomic mass is 19.1. The Morgan fingerprint density at radius 3 is 2.10 bits per heavy atom. The lowest BCUT2D eigenvalue weighted by Gasteiger charge is -2.07. The first-order chi connectivity index (χ1) is 14.1. The Balaban J connectivity index is 1.45. The van der Waals surface area contributed by atoms with Gasteiger partial charge in [0.15, 0.2) is 0 Å². The molecular weight excluding hydrogens is 373 g/mol. The zero-order valence-electron chi connectivity index (χ0n) is 15.4. The summed E-state index contributed by atoms with van der Waals surface area (Å²) in [5.74, 6) is 1.58. The van der Waals surface area contributed by atoms with Crippen LogP contribution in [0, 0.1) is 5.82 Å². The maximum atomic E-state index is 13.0. The highest BCUT2D eigenvalue weighted by Crippen LogP contribution is 2.27. The van der Waals surface area contributed by atoms with E-state index in [1.54, 1.807) is 48.5 Å². The molecule has 4 aromatic rings. The number of aromatic nitrogens is 2. The van der Waals surface area contributed by atoms with Crippen molar-refractivity contribution in [1.82, 2.24) is 10.1 Å². The summed E-state index contributed by atoms with van der Waals surface area (Å²) in [4.78, 5) is 15.4. The topological polar surface area (TPSA) is 77.2 Å². The number of rotatable bonds is 5. The van der Waals surface area contributed by atoms with E-state index in [0.29, 0.717) is 34.5 Å². The van der Waals surface area contributed by atoms with E-state index in [2.05, 4.69) is 15.5 Å². The quantitative estimate of drug-likeness (QED) is 0.502. The van der Waals surface area contributed by atoms with Crippen LogP contribution in [0.15, 0.2) is 77.3 Å².